The molecule has 0 saturated heterocycles. The molecule has 5 nitrogen and oxygen atoms in total. The molecule has 1 atom stereocenters. The minimum atomic E-state index is -0.468. The molecular formula is C21H30O5. The van der Waals surface area contributed by atoms with Crippen molar-refractivity contribution < 1.29 is 23.8 Å². The van der Waals surface area contributed by atoms with E-state index in [9.17, 15) is 9.59 Å². The minimum Gasteiger partial charge on any atom is -0.494 e. The molecule has 5 heteroatoms. The van der Waals surface area contributed by atoms with Gasteiger partial charge in [-0.1, -0.05) is 45.7 Å². The fourth-order valence-electron chi connectivity index (χ4n) is 2.02. The van der Waals surface area contributed by atoms with Crippen LogP contribution in [0.1, 0.15) is 52.0 Å². The number of rotatable bonds is 12. The average molecular weight is 362 g/mol. The first-order valence-electron chi connectivity index (χ1n) is 9.31. The summed E-state index contributed by atoms with van der Waals surface area (Å²) >= 11 is 0. The average Bonchev–Trinajstić information content (AvgIpc) is 2.67. The highest BCUT2D eigenvalue weighted by Crippen LogP contribution is 2.14. The van der Waals surface area contributed by atoms with Crippen LogP contribution in [0.5, 0.6) is 5.75 Å². The zero-order valence-corrected chi connectivity index (χ0v) is 16.0. The second-order valence-corrected chi connectivity index (χ2v) is 6.10. The highest BCUT2D eigenvalue weighted by molar-refractivity contribution is 5.87. The lowest BCUT2D eigenvalue weighted by Crippen LogP contribution is -2.17. The molecule has 0 amide bonds. The van der Waals surface area contributed by atoms with Crippen molar-refractivity contribution in [1.82, 2.24) is 0 Å². The maximum atomic E-state index is 11.6. The van der Waals surface area contributed by atoms with Gasteiger partial charge in [0.05, 0.1) is 12.5 Å². The van der Waals surface area contributed by atoms with E-state index in [1.807, 2.05) is 31.2 Å². The Morgan fingerprint density at radius 3 is 2.35 bits per heavy atom. The largest absolute Gasteiger partial charge is 0.494 e. The van der Waals surface area contributed by atoms with E-state index in [4.69, 9.17) is 14.2 Å². The summed E-state index contributed by atoms with van der Waals surface area (Å²) in [7, 11) is 0. The first-order valence-corrected chi connectivity index (χ1v) is 9.31. The van der Waals surface area contributed by atoms with Gasteiger partial charge in [-0.25, -0.2) is 4.79 Å². The van der Waals surface area contributed by atoms with Crippen molar-refractivity contribution in [3.8, 4) is 5.75 Å². The summed E-state index contributed by atoms with van der Waals surface area (Å²) in [5.74, 6) is -0.0475. The Labute approximate surface area is 156 Å². The maximum absolute atomic E-state index is 11.6. The highest BCUT2D eigenvalue weighted by atomic mass is 16.6. The second-order valence-electron chi connectivity index (χ2n) is 6.10. The van der Waals surface area contributed by atoms with Gasteiger partial charge in [-0.05, 0) is 36.6 Å². The van der Waals surface area contributed by atoms with E-state index >= 15 is 0 Å². The molecule has 0 bridgehead atoms. The van der Waals surface area contributed by atoms with Gasteiger partial charge in [0.25, 0.3) is 0 Å². The molecule has 0 saturated carbocycles. The van der Waals surface area contributed by atoms with Crippen LogP contribution >= 0.6 is 0 Å². The summed E-state index contributed by atoms with van der Waals surface area (Å²) in [6.45, 7) is 6.73. The molecule has 0 aliphatic rings. The van der Waals surface area contributed by atoms with Crippen molar-refractivity contribution in [2.75, 3.05) is 19.8 Å². The SMILES string of the molecule is CCCCCOc1ccc(/C=C/C(=O)OCCOC(=O)C(C)CC)cc1. The van der Waals surface area contributed by atoms with E-state index < -0.39 is 5.97 Å². The smallest absolute Gasteiger partial charge is 0.330 e. The maximum Gasteiger partial charge on any atom is 0.330 e. The zero-order valence-electron chi connectivity index (χ0n) is 16.0. The molecule has 0 fully saturated rings. The van der Waals surface area contributed by atoms with Gasteiger partial charge in [0.2, 0.25) is 0 Å². The van der Waals surface area contributed by atoms with Crippen LogP contribution in [0.25, 0.3) is 6.08 Å². The first-order chi connectivity index (χ1) is 12.6. The molecule has 0 aliphatic carbocycles. The molecule has 1 aromatic carbocycles. The summed E-state index contributed by atoms with van der Waals surface area (Å²) in [5, 5.41) is 0. The highest BCUT2D eigenvalue weighted by Gasteiger charge is 2.11. The fourth-order valence-corrected chi connectivity index (χ4v) is 2.02. The third kappa shape index (κ3) is 9.25. The molecule has 0 aliphatic heterocycles. The molecule has 0 radical (unpaired) electrons. The number of unbranched alkanes of at least 4 members (excludes halogenated alkanes) is 2. The Morgan fingerprint density at radius 2 is 1.69 bits per heavy atom. The summed E-state index contributed by atoms with van der Waals surface area (Å²) in [5.41, 5.74) is 0.881. The van der Waals surface area contributed by atoms with Crippen LogP contribution in [0.2, 0.25) is 0 Å². The number of carbonyl (C=O) groups is 2. The molecule has 1 aromatic rings. The Balaban J connectivity index is 2.27. The Bertz CT molecular complexity index is 562. The van der Waals surface area contributed by atoms with Crippen molar-refractivity contribution >= 4 is 18.0 Å². The normalized spacial score (nSPS) is 12.0. The predicted molar refractivity (Wildman–Crippen MR) is 102 cm³/mol. The van der Waals surface area contributed by atoms with E-state index in [1.54, 1.807) is 13.0 Å². The number of hydrogen-bond acceptors (Lipinski definition) is 5. The summed E-state index contributed by atoms with van der Waals surface area (Å²) in [4.78, 5) is 23.1. The number of esters is 2. The molecule has 26 heavy (non-hydrogen) atoms. The molecule has 144 valence electrons. The Hall–Kier alpha value is -2.30. The quantitative estimate of drug-likeness (QED) is 0.313. The van der Waals surface area contributed by atoms with Gasteiger partial charge in [0.15, 0.2) is 0 Å². The van der Waals surface area contributed by atoms with Gasteiger partial charge in [-0.2, -0.15) is 0 Å². The van der Waals surface area contributed by atoms with E-state index in [0.29, 0.717) is 0 Å². The third-order valence-electron chi connectivity index (χ3n) is 3.90. The predicted octanol–water partition coefficient (Wildman–Crippen LogP) is 4.40. The van der Waals surface area contributed by atoms with Crippen molar-refractivity contribution in [2.24, 2.45) is 5.92 Å². The van der Waals surface area contributed by atoms with Crippen LogP contribution in [0.3, 0.4) is 0 Å². The molecule has 1 unspecified atom stereocenters. The van der Waals surface area contributed by atoms with Crippen molar-refractivity contribution in [2.45, 2.75) is 46.5 Å². The van der Waals surface area contributed by atoms with Gasteiger partial charge in [0.1, 0.15) is 19.0 Å². The summed E-state index contributed by atoms with van der Waals surface area (Å²) in [6.07, 6.45) is 7.14. The Morgan fingerprint density at radius 1 is 1.00 bits per heavy atom. The monoisotopic (exact) mass is 362 g/mol. The van der Waals surface area contributed by atoms with E-state index in [0.717, 1.165) is 30.8 Å². The first kappa shape index (κ1) is 21.7. The van der Waals surface area contributed by atoms with Gasteiger partial charge in [-0.3, -0.25) is 4.79 Å². The number of hydrogen-bond donors (Lipinski definition) is 0. The summed E-state index contributed by atoms with van der Waals surface area (Å²) < 4.78 is 15.7. The van der Waals surface area contributed by atoms with Crippen LogP contribution in [-0.2, 0) is 19.1 Å². The van der Waals surface area contributed by atoms with Crippen molar-refractivity contribution in [3.63, 3.8) is 0 Å². The van der Waals surface area contributed by atoms with Gasteiger partial charge in [0, 0.05) is 6.08 Å². The molecule has 0 N–H and O–H groups in total. The van der Waals surface area contributed by atoms with E-state index in [1.165, 1.54) is 18.9 Å². The lowest BCUT2D eigenvalue weighted by Gasteiger charge is -2.08. The Kier molecular flexibility index (Phi) is 10.9. The van der Waals surface area contributed by atoms with Gasteiger partial charge >= 0.3 is 11.9 Å². The lowest BCUT2D eigenvalue weighted by molar-refractivity contribution is -0.152. The summed E-state index contributed by atoms with van der Waals surface area (Å²) in [6, 6.07) is 7.52. The van der Waals surface area contributed by atoms with Crippen LogP contribution in [0.4, 0.5) is 0 Å². The molecular weight excluding hydrogens is 332 g/mol. The van der Waals surface area contributed by atoms with Crippen LogP contribution in [0.15, 0.2) is 30.3 Å². The number of carbonyl (C=O) groups excluding carboxylic acids is 2. The van der Waals surface area contributed by atoms with Crippen LogP contribution in [-0.4, -0.2) is 31.8 Å². The van der Waals surface area contributed by atoms with E-state index in [-0.39, 0.29) is 25.1 Å². The van der Waals surface area contributed by atoms with Crippen LogP contribution in [0, 0.1) is 5.92 Å². The molecule has 0 heterocycles. The van der Waals surface area contributed by atoms with E-state index in [2.05, 4.69) is 6.92 Å². The molecule has 0 spiro atoms. The topological polar surface area (TPSA) is 61.8 Å². The number of benzene rings is 1. The van der Waals surface area contributed by atoms with Crippen LogP contribution < -0.4 is 4.74 Å². The molecule has 0 aromatic heterocycles. The molecule has 1 rings (SSSR count). The standard InChI is InChI=1S/C21H30O5/c1-4-6-7-14-24-19-11-8-18(9-12-19)10-13-20(22)25-15-16-26-21(23)17(3)5-2/h8-13,17H,4-7,14-16H2,1-3H3/b13-10+. The van der Waals surface area contributed by atoms with Crippen molar-refractivity contribution in [1.29, 1.82) is 0 Å². The fraction of sp³-hybridized carbons (Fsp3) is 0.524. The third-order valence-corrected chi connectivity index (χ3v) is 3.90. The number of ether oxygens (including phenoxy) is 3. The second kappa shape index (κ2) is 13.0. The minimum absolute atomic E-state index is 0.0515. The zero-order chi connectivity index (χ0) is 19.2. The van der Waals surface area contributed by atoms with Gasteiger partial charge < -0.3 is 14.2 Å². The van der Waals surface area contributed by atoms with Gasteiger partial charge in [-0.15, -0.1) is 0 Å². The van der Waals surface area contributed by atoms with Crippen molar-refractivity contribution in [3.05, 3.63) is 35.9 Å². The lowest BCUT2D eigenvalue weighted by atomic mass is 10.1.